The summed E-state index contributed by atoms with van der Waals surface area (Å²) in [4.78, 5) is 0. The molecule has 20 heavy (non-hydrogen) atoms. The highest BCUT2D eigenvalue weighted by Crippen LogP contribution is 2.28. The molecule has 2 N–H and O–H groups in total. The highest BCUT2D eigenvalue weighted by molar-refractivity contribution is 9.10. The van der Waals surface area contributed by atoms with Crippen LogP contribution in [0, 0.1) is 0 Å². The van der Waals surface area contributed by atoms with Gasteiger partial charge in [-0.25, -0.2) is 0 Å². The molecule has 0 aliphatic rings. The zero-order chi connectivity index (χ0) is 14.5. The maximum absolute atomic E-state index is 6.07. The fourth-order valence-electron chi connectivity index (χ4n) is 2.00. The molecule has 0 amide bonds. The van der Waals surface area contributed by atoms with Crippen LogP contribution in [0.4, 0.5) is 0 Å². The predicted octanol–water partition coefficient (Wildman–Crippen LogP) is 4.82. The van der Waals surface area contributed by atoms with Crippen molar-refractivity contribution >= 4 is 31.9 Å². The van der Waals surface area contributed by atoms with Crippen molar-refractivity contribution in [3.63, 3.8) is 0 Å². The van der Waals surface area contributed by atoms with E-state index >= 15 is 0 Å². The molecular weight excluding hydrogens is 382 g/mol. The quantitative estimate of drug-likeness (QED) is 0.783. The van der Waals surface area contributed by atoms with Crippen molar-refractivity contribution in [1.29, 1.82) is 0 Å². The van der Waals surface area contributed by atoms with Gasteiger partial charge in [-0.3, -0.25) is 0 Å². The Kier molecular flexibility index (Phi) is 5.78. The standard InChI is InChI=1S/C16H17Br2NO/c1-11(19)16(14-4-2-3-5-15(14)18)20-10-12-6-8-13(17)9-7-12/h2-9,11,16H,10,19H2,1H3. The molecule has 2 aromatic rings. The van der Waals surface area contributed by atoms with Crippen LogP contribution in [0.5, 0.6) is 0 Å². The van der Waals surface area contributed by atoms with Crippen LogP contribution in [0.2, 0.25) is 0 Å². The Hall–Kier alpha value is -0.680. The molecule has 0 saturated heterocycles. The molecule has 0 radical (unpaired) electrons. The van der Waals surface area contributed by atoms with E-state index in [9.17, 15) is 0 Å². The van der Waals surface area contributed by atoms with E-state index in [4.69, 9.17) is 10.5 Å². The lowest BCUT2D eigenvalue weighted by atomic mass is 10.0. The van der Waals surface area contributed by atoms with E-state index in [0.717, 1.165) is 20.1 Å². The molecular formula is C16H17Br2NO. The SMILES string of the molecule is CC(N)C(OCc1ccc(Br)cc1)c1ccccc1Br. The van der Waals surface area contributed by atoms with E-state index in [1.807, 2.05) is 55.5 Å². The monoisotopic (exact) mass is 397 g/mol. The minimum atomic E-state index is -0.130. The predicted molar refractivity (Wildman–Crippen MR) is 89.5 cm³/mol. The smallest absolute Gasteiger partial charge is 0.0988 e. The fraction of sp³-hybridized carbons (Fsp3) is 0.250. The normalized spacial score (nSPS) is 14.0. The summed E-state index contributed by atoms with van der Waals surface area (Å²) in [6, 6.07) is 16.1. The van der Waals surface area contributed by atoms with Crippen molar-refractivity contribution in [2.45, 2.75) is 25.7 Å². The van der Waals surface area contributed by atoms with Gasteiger partial charge in [-0.2, -0.15) is 0 Å². The van der Waals surface area contributed by atoms with Crippen LogP contribution in [0.1, 0.15) is 24.2 Å². The summed E-state index contributed by atoms with van der Waals surface area (Å²) in [6.45, 7) is 2.51. The minimum Gasteiger partial charge on any atom is -0.367 e. The zero-order valence-corrected chi connectivity index (χ0v) is 14.4. The first-order chi connectivity index (χ1) is 9.58. The van der Waals surface area contributed by atoms with Gasteiger partial charge in [-0.05, 0) is 36.2 Å². The van der Waals surface area contributed by atoms with Crippen molar-refractivity contribution in [2.75, 3.05) is 0 Å². The fourth-order valence-corrected chi connectivity index (χ4v) is 2.77. The molecule has 2 atom stereocenters. The Morgan fingerprint density at radius 1 is 1.05 bits per heavy atom. The number of halogens is 2. The minimum absolute atomic E-state index is 0.0795. The lowest BCUT2D eigenvalue weighted by molar-refractivity contribution is 0.0254. The van der Waals surface area contributed by atoms with Crippen LogP contribution in [-0.4, -0.2) is 6.04 Å². The second-order valence-corrected chi connectivity index (χ2v) is 6.51. The summed E-state index contributed by atoms with van der Waals surface area (Å²) in [5.41, 5.74) is 8.29. The van der Waals surface area contributed by atoms with Crippen LogP contribution in [-0.2, 0) is 11.3 Å². The van der Waals surface area contributed by atoms with Gasteiger partial charge < -0.3 is 10.5 Å². The van der Waals surface area contributed by atoms with Crippen LogP contribution in [0.25, 0.3) is 0 Å². The van der Waals surface area contributed by atoms with Gasteiger partial charge in [0.1, 0.15) is 0 Å². The molecule has 0 saturated carbocycles. The average Bonchev–Trinajstić information content (AvgIpc) is 2.42. The Morgan fingerprint density at radius 2 is 1.70 bits per heavy atom. The zero-order valence-electron chi connectivity index (χ0n) is 11.2. The molecule has 0 bridgehead atoms. The third-order valence-corrected chi connectivity index (χ3v) is 4.28. The number of hydrogen-bond acceptors (Lipinski definition) is 2. The van der Waals surface area contributed by atoms with Crippen LogP contribution in [0.15, 0.2) is 57.5 Å². The van der Waals surface area contributed by atoms with Crippen molar-refractivity contribution < 1.29 is 4.74 Å². The number of nitrogens with two attached hydrogens (primary N) is 1. The Morgan fingerprint density at radius 3 is 2.30 bits per heavy atom. The first-order valence-corrected chi connectivity index (χ1v) is 8.02. The van der Waals surface area contributed by atoms with Gasteiger partial charge >= 0.3 is 0 Å². The van der Waals surface area contributed by atoms with Gasteiger partial charge in [0.05, 0.1) is 12.7 Å². The molecule has 0 fully saturated rings. The van der Waals surface area contributed by atoms with E-state index in [0.29, 0.717) is 6.61 Å². The maximum atomic E-state index is 6.07. The van der Waals surface area contributed by atoms with Gasteiger partial charge in [0, 0.05) is 15.0 Å². The van der Waals surface area contributed by atoms with Gasteiger partial charge in [0.15, 0.2) is 0 Å². The third kappa shape index (κ3) is 4.16. The van der Waals surface area contributed by atoms with E-state index < -0.39 is 0 Å². The molecule has 2 rings (SSSR count). The molecule has 2 unspecified atom stereocenters. The molecule has 2 aromatic carbocycles. The number of benzene rings is 2. The first kappa shape index (κ1) is 15.7. The Bertz CT molecular complexity index is 555. The average molecular weight is 399 g/mol. The van der Waals surface area contributed by atoms with Gasteiger partial charge in [0.2, 0.25) is 0 Å². The topological polar surface area (TPSA) is 35.2 Å². The van der Waals surface area contributed by atoms with Gasteiger partial charge in [-0.1, -0.05) is 62.2 Å². The summed E-state index contributed by atoms with van der Waals surface area (Å²) in [5.74, 6) is 0. The van der Waals surface area contributed by atoms with E-state index in [-0.39, 0.29) is 12.1 Å². The largest absolute Gasteiger partial charge is 0.367 e. The summed E-state index contributed by atoms with van der Waals surface area (Å²) in [6.07, 6.45) is -0.130. The number of rotatable bonds is 5. The molecule has 0 aliphatic carbocycles. The van der Waals surface area contributed by atoms with E-state index in [1.165, 1.54) is 0 Å². The molecule has 0 aliphatic heterocycles. The summed E-state index contributed by atoms with van der Waals surface area (Å²) < 4.78 is 8.12. The Labute approximate surface area is 136 Å². The summed E-state index contributed by atoms with van der Waals surface area (Å²) in [5, 5.41) is 0. The first-order valence-electron chi connectivity index (χ1n) is 6.44. The van der Waals surface area contributed by atoms with E-state index in [2.05, 4.69) is 31.9 Å². The lowest BCUT2D eigenvalue weighted by Gasteiger charge is -2.23. The molecule has 0 aromatic heterocycles. The summed E-state index contributed by atoms with van der Waals surface area (Å²) >= 11 is 6.99. The third-order valence-electron chi connectivity index (χ3n) is 3.03. The van der Waals surface area contributed by atoms with Crippen molar-refractivity contribution in [3.05, 3.63) is 68.6 Å². The number of hydrogen-bond donors (Lipinski definition) is 1. The second kappa shape index (κ2) is 7.36. The van der Waals surface area contributed by atoms with Crippen LogP contribution >= 0.6 is 31.9 Å². The summed E-state index contributed by atoms with van der Waals surface area (Å²) in [7, 11) is 0. The van der Waals surface area contributed by atoms with Crippen LogP contribution in [0.3, 0.4) is 0 Å². The molecule has 0 spiro atoms. The van der Waals surface area contributed by atoms with Crippen molar-refractivity contribution in [3.8, 4) is 0 Å². The molecule has 0 heterocycles. The Balaban J connectivity index is 2.11. The van der Waals surface area contributed by atoms with Crippen molar-refractivity contribution in [1.82, 2.24) is 0 Å². The van der Waals surface area contributed by atoms with Gasteiger partial charge in [0.25, 0.3) is 0 Å². The maximum Gasteiger partial charge on any atom is 0.0988 e. The van der Waals surface area contributed by atoms with Gasteiger partial charge in [-0.15, -0.1) is 0 Å². The van der Waals surface area contributed by atoms with Crippen LogP contribution < -0.4 is 5.73 Å². The lowest BCUT2D eigenvalue weighted by Crippen LogP contribution is -2.27. The van der Waals surface area contributed by atoms with E-state index in [1.54, 1.807) is 0 Å². The highest BCUT2D eigenvalue weighted by Gasteiger charge is 2.19. The molecule has 4 heteroatoms. The molecule has 2 nitrogen and oxygen atoms in total. The highest BCUT2D eigenvalue weighted by atomic mass is 79.9. The van der Waals surface area contributed by atoms with Crippen molar-refractivity contribution in [2.24, 2.45) is 5.73 Å². The second-order valence-electron chi connectivity index (χ2n) is 4.74. The number of ether oxygens (including phenoxy) is 1. The molecule has 106 valence electrons.